The predicted molar refractivity (Wildman–Crippen MR) is 143 cm³/mol. The third-order valence-electron chi connectivity index (χ3n) is 6.46. The van der Waals surface area contributed by atoms with Gasteiger partial charge in [0.1, 0.15) is 17.9 Å². The molecule has 2 heterocycles. The van der Waals surface area contributed by atoms with E-state index in [4.69, 9.17) is 4.74 Å². The first-order valence-corrected chi connectivity index (χ1v) is 13.8. The van der Waals surface area contributed by atoms with Crippen molar-refractivity contribution in [3.05, 3.63) is 78.0 Å². The van der Waals surface area contributed by atoms with Gasteiger partial charge in [-0.1, -0.05) is 6.07 Å². The van der Waals surface area contributed by atoms with E-state index in [9.17, 15) is 22.0 Å². The molecular formula is C27H27F2N5O4S. The molecule has 1 unspecified atom stereocenters. The minimum absolute atomic E-state index is 0.163. The van der Waals surface area contributed by atoms with Crippen molar-refractivity contribution < 1.29 is 26.7 Å². The van der Waals surface area contributed by atoms with E-state index in [0.717, 1.165) is 37.1 Å². The fourth-order valence-electron chi connectivity index (χ4n) is 4.51. The van der Waals surface area contributed by atoms with Gasteiger partial charge in [-0.2, -0.15) is 9.89 Å². The lowest BCUT2D eigenvalue weighted by Crippen LogP contribution is -2.31. The van der Waals surface area contributed by atoms with Crippen molar-refractivity contribution in [1.29, 1.82) is 0 Å². The Morgan fingerprint density at radius 1 is 1.05 bits per heavy atom. The lowest BCUT2D eigenvalue weighted by Gasteiger charge is -2.28. The number of carbonyl (C=O) groups is 1. The van der Waals surface area contributed by atoms with Gasteiger partial charge in [-0.15, -0.1) is 0 Å². The van der Waals surface area contributed by atoms with Crippen LogP contribution >= 0.6 is 0 Å². The van der Waals surface area contributed by atoms with Gasteiger partial charge in [0.25, 0.3) is 5.91 Å². The molecule has 4 aromatic rings. The molecule has 1 aliphatic heterocycles. The summed E-state index contributed by atoms with van der Waals surface area (Å²) in [4.78, 5) is 15.9. The molecule has 204 valence electrons. The van der Waals surface area contributed by atoms with E-state index >= 15 is 0 Å². The monoisotopic (exact) mass is 555 g/mol. The predicted octanol–water partition coefficient (Wildman–Crippen LogP) is 4.54. The zero-order valence-corrected chi connectivity index (χ0v) is 22.1. The minimum atomic E-state index is -4.19. The van der Waals surface area contributed by atoms with Gasteiger partial charge < -0.3 is 15.0 Å². The van der Waals surface area contributed by atoms with E-state index in [1.165, 1.54) is 29.2 Å². The van der Waals surface area contributed by atoms with Crippen molar-refractivity contribution in [2.75, 3.05) is 36.3 Å². The zero-order valence-electron chi connectivity index (χ0n) is 21.3. The van der Waals surface area contributed by atoms with Crippen LogP contribution in [0.2, 0.25) is 0 Å². The summed E-state index contributed by atoms with van der Waals surface area (Å²) in [5.74, 6) is -2.42. The molecule has 1 fully saturated rings. The summed E-state index contributed by atoms with van der Waals surface area (Å²) in [5, 5.41) is 7.98. The molecule has 2 N–H and O–H groups in total. The highest BCUT2D eigenvalue weighted by Crippen LogP contribution is 2.31. The maximum atomic E-state index is 13.6. The Bertz CT molecular complexity index is 1630. The first-order valence-electron chi connectivity index (χ1n) is 12.3. The second kappa shape index (κ2) is 10.6. The van der Waals surface area contributed by atoms with Crippen molar-refractivity contribution in [3.63, 3.8) is 0 Å². The number of para-hydroxylation sites is 1. The number of rotatable bonds is 7. The average Bonchev–Trinajstić information content (AvgIpc) is 3.30. The van der Waals surface area contributed by atoms with Crippen LogP contribution in [0.15, 0.2) is 70.6 Å². The van der Waals surface area contributed by atoms with Gasteiger partial charge in [-0.3, -0.25) is 4.79 Å². The minimum Gasteiger partial charge on any atom is -0.376 e. The summed E-state index contributed by atoms with van der Waals surface area (Å²) in [6.07, 6.45) is 4.01. The molecule has 3 aromatic carbocycles. The van der Waals surface area contributed by atoms with E-state index in [0.29, 0.717) is 34.8 Å². The summed E-state index contributed by atoms with van der Waals surface area (Å²) in [6, 6.07) is 11.6. The molecular weight excluding hydrogens is 528 g/mol. The summed E-state index contributed by atoms with van der Waals surface area (Å²) in [5.41, 5.74) is 5.00. The molecule has 5 rings (SSSR count). The van der Waals surface area contributed by atoms with Gasteiger partial charge in [-0.25, -0.2) is 22.6 Å². The number of fused-ring (bicyclic) bond motifs is 1. The van der Waals surface area contributed by atoms with E-state index in [1.54, 1.807) is 12.1 Å². The first-order chi connectivity index (χ1) is 18.6. The summed E-state index contributed by atoms with van der Waals surface area (Å²) >= 11 is 0. The molecule has 0 bridgehead atoms. The molecule has 39 heavy (non-hydrogen) atoms. The molecule has 12 heteroatoms. The Morgan fingerprint density at radius 3 is 2.51 bits per heavy atom. The summed E-state index contributed by atoms with van der Waals surface area (Å²) < 4.78 is 59.1. The second-order valence-electron chi connectivity index (χ2n) is 9.42. The largest absolute Gasteiger partial charge is 0.376 e. The normalized spacial score (nSPS) is 15.7. The Balaban J connectivity index is 1.44. The van der Waals surface area contributed by atoms with Gasteiger partial charge in [0.2, 0.25) is 9.84 Å². The lowest BCUT2D eigenvalue weighted by atomic mass is 10.1. The number of nitrogens with one attached hydrogen (secondary N) is 2. The Kier molecular flexibility index (Phi) is 7.23. The number of nitrogens with zero attached hydrogens (tertiary/aromatic N) is 3. The number of benzene rings is 3. The Morgan fingerprint density at radius 2 is 1.82 bits per heavy atom. The number of sulfone groups is 1. The van der Waals surface area contributed by atoms with Gasteiger partial charge in [-0.05, 0) is 61.7 Å². The van der Waals surface area contributed by atoms with E-state index in [2.05, 4.69) is 15.8 Å². The highest BCUT2D eigenvalue weighted by molar-refractivity contribution is 7.91. The van der Waals surface area contributed by atoms with Crippen molar-refractivity contribution >= 4 is 38.0 Å². The molecule has 0 spiro atoms. The molecule has 0 saturated carbocycles. The zero-order chi connectivity index (χ0) is 27.7. The summed E-state index contributed by atoms with van der Waals surface area (Å²) in [7, 11) is -0.427. The molecule has 1 amide bonds. The highest BCUT2D eigenvalue weighted by atomic mass is 32.2. The van der Waals surface area contributed by atoms with Crippen LogP contribution in [-0.2, 0) is 14.6 Å². The Labute approximate surface area is 224 Å². The second-order valence-corrected chi connectivity index (χ2v) is 11.4. The number of anilines is 2. The van der Waals surface area contributed by atoms with Gasteiger partial charge in [0, 0.05) is 32.2 Å². The first kappa shape index (κ1) is 26.6. The quantitative estimate of drug-likeness (QED) is 0.345. The topological polar surface area (TPSA) is 106 Å². The van der Waals surface area contributed by atoms with E-state index in [-0.39, 0.29) is 11.1 Å². The fraction of sp³-hybridized carbons (Fsp3) is 0.259. The molecule has 0 radical (unpaired) electrons. The molecule has 1 aliphatic rings. The molecule has 1 aromatic heterocycles. The van der Waals surface area contributed by atoms with Crippen molar-refractivity contribution in [3.8, 4) is 0 Å². The van der Waals surface area contributed by atoms with Gasteiger partial charge in [0.15, 0.2) is 0 Å². The van der Waals surface area contributed by atoms with Gasteiger partial charge in [0.05, 0.1) is 38.4 Å². The molecule has 9 nitrogen and oxygen atoms in total. The standard InChI is InChI=1S/C27H27F2N5O4S/c1-33(2)24-7-5-6-22(26(24)31-25-8-3-4-11-38-25)27(35)32-34-23-10-9-20(12-17(23)16-30-34)39(36,37)21-14-18(28)13-19(29)15-21/h5-7,9-10,12-16,25,31H,3-4,8,11H2,1-2H3,(H,32,35). The number of hydrogen-bond donors (Lipinski definition) is 2. The van der Waals surface area contributed by atoms with Crippen LogP contribution in [0.3, 0.4) is 0 Å². The number of carbonyl (C=O) groups excluding carboxylic acids is 1. The van der Waals surface area contributed by atoms with Gasteiger partial charge >= 0.3 is 0 Å². The van der Waals surface area contributed by atoms with Crippen LogP contribution in [-0.4, -0.2) is 51.1 Å². The number of ether oxygens (including phenoxy) is 1. The number of hydrogen-bond acceptors (Lipinski definition) is 7. The Hall–Kier alpha value is -4.03. The van der Waals surface area contributed by atoms with Crippen LogP contribution in [0.5, 0.6) is 0 Å². The number of aromatic nitrogens is 2. The van der Waals surface area contributed by atoms with Crippen LogP contribution in [0.4, 0.5) is 20.2 Å². The molecule has 0 aliphatic carbocycles. The SMILES string of the molecule is CN(C)c1cccc(C(=O)Nn2ncc3cc(S(=O)(=O)c4cc(F)cc(F)c4)ccc32)c1NC1CCCCO1. The van der Waals surface area contributed by atoms with Crippen LogP contribution in [0.25, 0.3) is 10.9 Å². The van der Waals surface area contributed by atoms with E-state index in [1.807, 2.05) is 25.1 Å². The maximum absolute atomic E-state index is 13.6. The van der Waals surface area contributed by atoms with Crippen LogP contribution in [0, 0.1) is 11.6 Å². The van der Waals surface area contributed by atoms with Crippen molar-refractivity contribution in [2.24, 2.45) is 0 Å². The highest BCUT2D eigenvalue weighted by Gasteiger charge is 2.23. The smallest absolute Gasteiger partial charge is 0.273 e. The fourth-order valence-corrected chi connectivity index (χ4v) is 5.85. The maximum Gasteiger partial charge on any atom is 0.273 e. The van der Waals surface area contributed by atoms with E-state index < -0.39 is 32.3 Å². The average molecular weight is 556 g/mol. The van der Waals surface area contributed by atoms with Crippen LogP contribution in [0.1, 0.15) is 29.6 Å². The number of halogens is 2. The van der Waals surface area contributed by atoms with Crippen molar-refractivity contribution in [2.45, 2.75) is 35.3 Å². The molecule has 1 saturated heterocycles. The summed E-state index contributed by atoms with van der Waals surface area (Å²) in [6.45, 7) is 0.647. The van der Waals surface area contributed by atoms with Crippen LogP contribution < -0.4 is 15.6 Å². The molecule has 1 atom stereocenters. The van der Waals surface area contributed by atoms with Crippen molar-refractivity contribution in [1.82, 2.24) is 9.89 Å². The third kappa shape index (κ3) is 5.43. The number of amides is 1. The third-order valence-corrected chi connectivity index (χ3v) is 8.19. The lowest BCUT2D eigenvalue weighted by molar-refractivity contribution is 0.0343.